The van der Waals surface area contributed by atoms with Crippen LogP contribution in [0.25, 0.3) is 0 Å². The zero-order chi connectivity index (χ0) is 11.4. The van der Waals surface area contributed by atoms with Crippen molar-refractivity contribution in [3.05, 3.63) is 23.9 Å². The van der Waals surface area contributed by atoms with Gasteiger partial charge in [0.2, 0.25) is 0 Å². The number of rotatable bonds is 4. The highest BCUT2D eigenvalue weighted by Gasteiger charge is 2.17. The molecule has 1 aromatic heterocycles. The van der Waals surface area contributed by atoms with Gasteiger partial charge in [-0.25, -0.2) is 4.98 Å². The van der Waals surface area contributed by atoms with E-state index in [-0.39, 0.29) is 6.04 Å². The highest BCUT2D eigenvalue weighted by atomic mass is 32.2. The summed E-state index contributed by atoms with van der Waals surface area (Å²) in [6.07, 6.45) is 4.58. The highest BCUT2D eigenvalue weighted by Crippen LogP contribution is 2.27. The lowest BCUT2D eigenvalue weighted by molar-refractivity contribution is 0.129. The van der Waals surface area contributed by atoms with Crippen LogP contribution in [0.15, 0.2) is 23.4 Å². The van der Waals surface area contributed by atoms with Gasteiger partial charge in [-0.3, -0.25) is 0 Å². The molecule has 0 aromatic carbocycles. The van der Waals surface area contributed by atoms with Crippen molar-refractivity contribution >= 4 is 11.8 Å². The first-order chi connectivity index (χ1) is 7.77. The summed E-state index contributed by atoms with van der Waals surface area (Å²) in [4.78, 5) is 4.39. The summed E-state index contributed by atoms with van der Waals surface area (Å²) in [6.45, 7) is 2.90. The fourth-order valence-corrected chi connectivity index (χ4v) is 2.98. The van der Waals surface area contributed by atoms with Gasteiger partial charge >= 0.3 is 0 Å². The van der Waals surface area contributed by atoms with E-state index in [0.717, 1.165) is 22.9 Å². The predicted octanol–water partition coefficient (Wildman–Crippen LogP) is 2.37. The van der Waals surface area contributed by atoms with Crippen LogP contribution >= 0.6 is 11.8 Å². The van der Waals surface area contributed by atoms with Gasteiger partial charge in [0.25, 0.3) is 0 Å². The SMILES string of the molecule is CC(N)c1cccnc1SCC1CCCO1. The molecule has 2 atom stereocenters. The Morgan fingerprint density at radius 3 is 3.25 bits per heavy atom. The molecular formula is C12H18N2OS. The molecule has 1 fully saturated rings. The molecule has 16 heavy (non-hydrogen) atoms. The summed E-state index contributed by atoms with van der Waals surface area (Å²) in [6, 6.07) is 4.03. The maximum atomic E-state index is 5.91. The third-order valence-electron chi connectivity index (χ3n) is 2.72. The zero-order valence-electron chi connectivity index (χ0n) is 9.56. The van der Waals surface area contributed by atoms with E-state index >= 15 is 0 Å². The molecule has 3 nitrogen and oxygen atoms in total. The standard InChI is InChI=1S/C12H18N2OS/c1-9(13)11-5-2-6-14-12(11)16-8-10-4-3-7-15-10/h2,5-6,9-10H,3-4,7-8,13H2,1H3. The van der Waals surface area contributed by atoms with Crippen LogP contribution in [-0.4, -0.2) is 23.4 Å². The minimum Gasteiger partial charge on any atom is -0.377 e. The van der Waals surface area contributed by atoms with E-state index in [4.69, 9.17) is 10.5 Å². The monoisotopic (exact) mass is 238 g/mol. The molecule has 0 amide bonds. The molecule has 88 valence electrons. The summed E-state index contributed by atoms with van der Waals surface area (Å²) in [5, 5.41) is 1.05. The molecule has 0 aliphatic carbocycles. The molecule has 1 aromatic rings. The second-order valence-electron chi connectivity index (χ2n) is 4.13. The first kappa shape index (κ1) is 11.9. The molecule has 0 radical (unpaired) electrons. The van der Waals surface area contributed by atoms with Crippen LogP contribution < -0.4 is 5.73 Å². The number of nitrogens with two attached hydrogens (primary N) is 1. The topological polar surface area (TPSA) is 48.1 Å². The third kappa shape index (κ3) is 2.97. The maximum absolute atomic E-state index is 5.91. The number of aromatic nitrogens is 1. The molecule has 2 heterocycles. The lowest BCUT2D eigenvalue weighted by atomic mass is 10.2. The van der Waals surface area contributed by atoms with E-state index in [2.05, 4.69) is 11.1 Å². The predicted molar refractivity (Wildman–Crippen MR) is 66.5 cm³/mol. The Kier molecular flexibility index (Phi) is 4.21. The Morgan fingerprint density at radius 1 is 1.69 bits per heavy atom. The molecular weight excluding hydrogens is 220 g/mol. The lowest BCUT2D eigenvalue weighted by Crippen LogP contribution is -2.10. The van der Waals surface area contributed by atoms with Gasteiger partial charge in [0.1, 0.15) is 5.03 Å². The van der Waals surface area contributed by atoms with Crippen LogP contribution in [0.2, 0.25) is 0 Å². The van der Waals surface area contributed by atoms with E-state index in [0.29, 0.717) is 6.10 Å². The Bertz CT molecular complexity index is 338. The summed E-state index contributed by atoms with van der Waals surface area (Å²) in [5.74, 6) is 0.983. The van der Waals surface area contributed by atoms with Crippen molar-refractivity contribution in [2.45, 2.75) is 36.9 Å². The molecule has 2 unspecified atom stereocenters. The number of pyridine rings is 1. The molecule has 2 rings (SSSR count). The molecule has 1 aliphatic heterocycles. The van der Waals surface area contributed by atoms with Crippen LogP contribution in [0.4, 0.5) is 0 Å². The normalized spacial score (nSPS) is 22.2. The van der Waals surface area contributed by atoms with Gasteiger partial charge in [0, 0.05) is 30.2 Å². The molecule has 0 saturated carbocycles. The Balaban J connectivity index is 1.97. The molecule has 0 bridgehead atoms. The van der Waals surface area contributed by atoms with E-state index in [9.17, 15) is 0 Å². The van der Waals surface area contributed by atoms with Crippen molar-refractivity contribution in [1.29, 1.82) is 0 Å². The van der Waals surface area contributed by atoms with Gasteiger partial charge in [0.15, 0.2) is 0 Å². The van der Waals surface area contributed by atoms with Crippen molar-refractivity contribution in [1.82, 2.24) is 4.98 Å². The smallest absolute Gasteiger partial charge is 0.101 e. The van der Waals surface area contributed by atoms with Crippen LogP contribution in [0.5, 0.6) is 0 Å². The molecule has 1 saturated heterocycles. The molecule has 2 N–H and O–H groups in total. The van der Waals surface area contributed by atoms with E-state index in [1.54, 1.807) is 11.8 Å². The third-order valence-corrected chi connectivity index (χ3v) is 3.87. The first-order valence-corrected chi connectivity index (χ1v) is 6.71. The van der Waals surface area contributed by atoms with Crippen molar-refractivity contribution in [2.75, 3.05) is 12.4 Å². The minimum absolute atomic E-state index is 0.0423. The zero-order valence-corrected chi connectivity index (χ0v) is 10.4. The fourth-order valence-electron chi connectivity index (χ4n) is 1.82. The number of ether oxygens (including phenoxy) is 1. The van der Waals surface area contributed by atoms with Gasteiger partial charge in [-0.05, 0) is 25.8 Å². The average molecular weight is 238 g/mol. The molecule has 4 heteroatoms. The van der Waals surface area contributed by atoms with Crippen molar-refractivity contribution in [2.24, 2.45) is 5.73 Å². The molecule has 0 spiro atoms. The first-order valence-electron chi connectivity index (χ1n) is 5.72. The lowest BCUT2D eigenvalue weighted by Gasteiger charge is -2.13. The number of thioether (sulfide) groups is 1. The number of hydrogen-bond donors (Lipinski definition) is 1. The van der Waals surface area contributed by atoms with E-state index in [1.165, 1.54) is 12.8 Å². The van der Waals surface area contributed by atoms with Crippen LogP contribution in [-0.2, 0) is 4.74 Å². The fraction of sp³-hybridized carbons (Fsp3) is 0.583. The maximum Gasteiger partial charge on any atom is 0.101 e. The summed E-state index contributed by atoms with van der Waals surface area (Å²) in [7, 11) is 0. The largest absolute Gasteiger partial charge is 0.377 e. The number of nitrogens with zero attached hydrogens (tertiary/aromatic N) is 1. The minimum atomic E-state index is 0.0423. The van der Waals surface area contributed by atoms with Crippen LogP contribution in [0, 0.1) is 0 Å². The van der Waals surface area contributed by atoms with Crippen LogP contribution in [0.1, 0.15) is 31.4 Å². The van der Waals surface area contributed by atoms with Gasteiger partial charge in [-0.1, -0.05) is 6.07 Å². The average Bonchev–Trinajstić information content (AvgIpc) is 2.79. The van der Waals surface area contributed by atoms with Gasteiger partial charge < -0.3 is 10.5 Å². The van der Waals surface area contributed by atoms with E-state index in [1.807, 2.05) is 19.2 Å². The van der Waals surface area contributed by atoms with Crippen molar-refractivity contribution in [3.63, 3.8) is 0 Å². The van der Waals surface area contributed by atoms with Crippen molar-refractivity contribution in [3.8, 4) is 0 Å². The summed E-state index contributed by atoms with van der Waals surface area (Å²) >= 11 is 1.76. The van der Waals surface area contributed by atoms with Crippen molar-refractivity contribution < 1.29 is 4.74 Å². The quantitative estimate of drug-likeness (QED) is 0.818. The number of hydrogen-bond acceptors (Lipinski definition) is 4. The van der Waals surface area contributed by atoms with Gasteiger partial charge in [0.05, 0.1) is 6.10 Å². The summed E-state index contributed by atoms with van der Waals surface area (Å²) < 4.78 is 5.60. The summed E-state index contributed by atoms with van der Waals surface area (Å²) in [5.41, 5.74) is 7.04. The Labute approximate surface area is 101 Å². The second kappa shape index (κ2) is 5.66. The Morgan fingerprint density at radius 2 is 2.56 bits per heavy atom. The Hall–Kier alpha value is -0.580. The van der Waals surface area contributed by atoms with Crippen LogP contribution in [0.3, 0.4) is 0 Å². The molecule has 1 aliphatic rings. The second-order valence-corrected chi connectivity index (χ2v) is 5.14. The van der Waals surface area contributed by atoms with E-state index < -0.39 is 0 Å². The van der Waals surface area contributed by atoms with Gasteiger partial charge in [-0.15, -0.1) is 11.8 Å². The van der Waals surface area contributed by atoms with Gasteiger partial charge in [-0.2, -0.15) is 0 Å². The highest BCUT2D eigenvalue weighted by molar-refractivity contribution is 7.99.